The Morgan fingerprint density at radius 3 is 2.65 bits per heavy atom. The van der Waals surface area contributed by atoms with E-state index in [2.05, 4.69) is 9.88 Å². The van der Waals surface area contributed by atoms with Crippen molar-refractivity contribution in [3.8, 4) is 5.75 Å². The Labute approximate surface area is 209 Å². The number of ether oxygens (including phenoxy) is 2. The lowest BCUT2D eigenvalue weighted by molar-refractivity contribution is -0.0228. The first kappa shape index (κ1) is 24.9. The summed E-state index contributed by atoms with van der Waals surface area (Å²) >= 11 is 12.7. The minimum Gasteiger partial charge on any atom is -0.497 e. The molecule has 0 spiro atoms. The smallest absolute Gasteiger partial charge is 0.355 e. The molecular weight excluding hydrogens is 475 g/mol. The molecule has 3 aromatic rings. The molecule has 4 rings (SSSR count). The van der Waals surface area contributed by atoms with Crippen molar-refractivity contribution in [3.05, 3.63) is 63.3 Å². The molecule has 0 unspecified atom stereocenters. The number of benzene rings is 2. The summed E-state index contributed by atoms with van der Waals surface area (Å²) in [6, 6.07) is 11.4. The van der Waals surface area contributed by atoms with Crippen LogP contribution in [0.4, 0.5) is 0 Å². The van der Waals surface area contributed by atoms with Gasteiger partial charge in [0.1, 0.15) is 11.4 Å². The Morgan fingerprint density at radius 2 is 1.97 bits per heavy atom. The van der Waals surface area contributed by atoms with Gasteiger partial charge in [0, 0.05) is 34.1 Å². The van der Waals surface area contributed by atoms with E-state index in [0.29, 0.717) is 40.6 Å². The standard InChI is InChI=1S/C26H30Cl2N2O4/c1-4-34-25(31)24-20(23-21(28)13-17(27)14-22(23)29-24)15-30(2)18-8-10-26(32,11-9-18)16-6-5-7-19(12-16)33-3/h5-7,12-14,18,29,32H,4,8-11,15H2,1-3H3. The van der Waals surface area contributed by atoms with E-state index in [1.54, 1.807) is 26.2 Å². The molecule has 0 radical (unpaired) electrons. The van der Waals surface area contributed by atoms with Crippen molar-refractivity contribution in [1.82, 2.24) is 9.88 Å². The van der Waals surface area contributed by atoms with Gasteiger partial charge in [-0.3, -0.25) is 4.90 Å². The fraction of sp³-hybridized carbons (Fsp3) is 0.423. The third-order valence-electron chi connectivity index (χ3n) is 6.82. The quantitative estimate of drug-likeness (QED) is 0.390. The molecule has 1 saturated carbocycles. The molecule has 2 N–H and O–H groups in total. The van der Waals surface area contributed by atoms with E-state index in [-0.39, 0.29) is 12.6 Å². The molecule has 1 heterocycles. The fourth-order valence-corrected chi connectivity index (χ4v) is 5.56. The number of halogens is 2. The number of hydrogen-bond donors (Lipinski definition) is 2. The topological polar surface area (TPSA) is 74.8 Å². The third kappa shape index (κ3) is 4.91. The summed E-state index contributed by atoms with van der Waals surface area (Å²) in [6.07, 6.45) is 2.93. The summed E-state index contributed by atoms with van der Waals surface area (Å²) in [7, 11) is 3.67. The average Bonchev–Trinajstić information content (AvgIpc) is 3.18. The Bertz CT molecular complexity index is 1190. The molecule has 0 aliphatic heterocycles. The molecule has 2 aromatic carbocycles. The molecule has 182 valence electrons. The van der Waals surface area contributed by atoms with Gasteiger partial charge in [-0.15, -0.1) is 0 Å². The Hall–Kier alpha value is -2.25. The molecule has 1 aromatic heterocycles. The van der Waals surface area contributed by atoms with Crippen LogP contribution < -0.4 is 4.74 Å². The second-order valence-electron chi connectivity index (χ2n) is 8.92. The average molecular weight is 505 g/mol. The fourth-order valence-electron chi connectivity index (χ4n) is 4.95. The van der Waals surface area contributed by atoms with Crippen LogP contribution in [0, 0.1) is 0 Å². The van der Waals surface area contributed by atoms with Gasteiger partial charge in [-0.25, -0.2) is 4.79 Å². The number of aromatic amines is 1. The van der Waals surface area contributed by atoms with E-state index in [4.69, 9.17) is 32.7 Å². The van der Waals surface area contributed by atoms with E-state index in [9.17, 15) is 9.90 Å². The SMILES string of the molecule is CCOC(=O)c1[nH]c2cc(Cl)cc(Cl)c2c1CN(C)C1CCC(O)(c2cccc(OC)c2)CC1. The molecule has 0 saturated heterocycles. The molecule has 1 aliphatic carbocycles. The second-order valence-corrected chi connectivity index (χ2v) is 9.76. The van der Waals surface area contributed by atoms with Crippen molar-refractivity contribution in [2.24, 2.45) is 0 Å². The van der Waals surface area contributed by atoms with Gasteiger partial charge in [-0.1, -0.05) is 35.3 Å². The maximum Gasteiger partial charge on any atom is 0.355 e. The summed E-state index contributed by atoms with van der Waals surface area (Å²) < 4.78 is 10.6. The van der Waals surface area contributed by atoms with Crippen molar-refractivity contribution >= 4 is 40.1 Å². The van der Waals surface area contributed by atoms with Crippen LogP contribution in [0.2, 0.25) is 10.0 Å². The number of aliphatic hydroxyl groups is 1. The Balaban J connectivity index is 1.55. The van der Waals surface area contributed by atoms with Gasteiger partial charge in [0.25, 0.3) is 0 Å². The van der Waals surface area contributed by atoms with Crippen molar-refractivity contribution < 1.29 is 19.4 Å². The number of rotatable bonds is 7. The maximum absolute atomic E-state index is 12.7. The number of H-pyrrole nitrogens is 1. The number of hydrogen-bond acceptors (Lipinski definition) is 5. The Kier molecular flexibility index (Phi) is 7.43. The van der Waals surface area contributed by atoms with Gasteiger partial charge < -0.3 is 19.6 Å². The van der Waals surface area contributed by atoms with Crippen LogP contribution >= 0.6 is 23.2 Å². The molecular formula is C26H30Cl2N2O4. The zero-order valence-corrected chi connectivity index (χ0v) is 21.2. The number of esters is 1. The van der Waals surface area contributed by atoms with Gasteiger partial charge in [-0.2, -0.15) is 0 Å². The Morgan fingerprint density at radius 1 is 1.24 bits per heavy atom. The van der Waals surface area contributed by atoms with Crippen LogP contribution in [-0.2, 0) is 16.9 Å². The zero-order chi connectivity index (χ0) is 24.5. The van der Waals surface area contributed by atoms with Crippen LogP contribution in [0.3, 0.4) is 0 Å². The highest BCUT2D eigenvalue weighted by atomic mass is 35.5. The highest BCUT2D eigenvalue weighted by Crippen LogP contribution is 2.40. The number of nitrogens with zero attached hydrogens (tertiary/aromatic N) is 1. The number of aromatic nitrogens is 1. The summed E-state index contributed by atoms with van der Waals surface area (Å²) in [5.74, 6) is 0.332. The monoisotopic (exact) mass is 504 g/mol. The van der Waals surface area contributed by atoms with E-state index >= 15 is 0 Å². The summed E-state index contributed by atoms with van der Waals surface area (Å²) in [5, 5.41) is 13.1. The third-order valence-corrected chi connectivity index (χ3v) is 7.33. The lowest BCUT2D eigenvalue weighted by atomic mass is 9.77. The predicted molar refractivity (Wildman–Crippen MR) is 135 cm³/mol. The molecule has 0 atom stereocenters. The number of carbonyl (C=O) groups excluding carboxylic acids is 1. The minimum atomic E-state index is -0.872. The summed E-state index contributed by atoms with van der Waals surface area (Å²) in [4.78, 5) is 18.1. The first-order chi connectivity index (χ1) is 16.3. The number of carbonyl (C=O) groups is 1. The van der Waals surface area contributed by atoms with Gasteiger partial charge in [0.05, 0.1) is 24.3 Å². The van der Waals surface area contributed by atoms with Gasteiger partial charge in [0.15, 0.2) is 0 Å². The highest BCUT2D eigenvalue weighted by molar-refractivity contribution is 6.39. The molecule has 8 heteroatoms. The van der Waals surface area contributed by atoms with Crippen LogP contribution in [0.15, 0.2) is 36.4 Å². The molecule has 0 bridgehead atoms. The van der Waals surface area contributed by atoms with E-state index < -0.39 is 11.6 Å². The molecule has 0 amide bonds. The molecule has 1 fully saturated rings. The van der Waals surface area contributed by atoms with Crippen molar-refractivity contribution in [2.45, 2.75) is 50.8 Å². The summed E-state index contributed by atoms with van der Waals surface area (Å²) in [5.41, 5.74) is 1.92. The van der Waals surface area contributed by atoms with Gasteiger partial charge >= 0.3 is 5.97 Å². The van der Waals surface area contributed by atoms with Crippen molar-refractivity contribution in [2.75, 3.05) is 20.8 Å². The number of nitrogens with one attached hydrogen (secondary N) is 1. The van der Waals surface area contributed by atoms with E-state index in [0.717, 1.165) is 35.1 Å². The second kappa shape index (κ2) is 10.2. The molecule has 34 heavy (non-hydrogen) atoms. The highest BCUT2D eigenvalue weighted by Gasteiger charge is 2.36. The first-order valence-corrected chi connectivity index (χ1v) is 12.2. The van der Waals surface area contributed by atoms with E-state index in [1.807, 2.05) is 31.3 Å². The molecule has 1 aliphatic rings. The largest absolute Gasteiger partial charge is 0.497 e. The van der Waals surface area contributed by atoms with Crippen LogP contribution in [0.25, 0.3) is 10.9 Å². The molecule has 6 nitrogen and oxygen atoms in total. The van der Waals surface area contributed by atoms with Crippen LogP contribution in [0.1, 0.15) is 54.2 Å². The van der Waals surface area contributed by atoms with Crippen LogP contribution in [-0.4, -0.2) is 47.8 Å². The first-order valence-electron chi connectivity index (χ1n) is 11.5. The van der Waals surface area contributed by atoms with Crippen molar-refractivity contribution in [1.29, 1.82) is 0 Å². The van der Waals surface area contributed by atoms with E-state index in [1.165, 1.54) is 0 Å². The predicted octanol–water partition coefficient (Wildman–Crippen LogP) is 5.92. The van der Waals surface area contributed by atoms with Crippen LogP contribution in [0.5, 0.6) is 5.75 Å². The van der Waals surface area contributed by atoms with Crippen molar-refractivity contribution in [3.63, 3.8) is 0 Å². The lowest BCUT2D eigenvalue weighted by Crippen LogP contribution is -2.40. The maximum atomic E-state index is 12.7. The zero-order valence-electron chi connectivity index (χ0n) is 19.7. The minimum absolute atomic E-state index is 0.247. The number of methoxy groups -OCH3 is 1. The lowest BCUT2D eigenvalue weighted by Gasteiger charge is -2.40. The normalized spacial score (nSPS) is 20.6. The van der Waals surface area contributed by atoms with Gasteiger partial charge in [-0.05, 0) is 69.5 Å². The summed E-state index contributed by atoms with van der Waals surface area (Å²) in [6.45, 7) is 2.57. The van der Waals surface area contributed by atoms with Gasteiger partial charge in [0.2, 0.25) is 0 Å². The number of fused-ring (bicyclic) bond motifs is 1.